The molecular weight excluding hydrogens is 384 g/mol. The van der Waals surface area contributed by atoms with Gasteiger partial charge in [0, 0.05) is 38.1 Å². The summed E-state index contributed by atoms with van der Waals surface area (Å²) in [5.41, 5.74) is 3.12. The zero-order chi connectivity index (χ0) is 19.6. The first-order valence-electron chi connectivity index (χ1n) is 8.23. The van der Waals surface area contributed by atoms with Gasteiger partial charge in [-0.05, 0) is 47.0 Å². The minimum atomic E-state index is -0.417. The number of aryl methyl sites for hydroxylation is 2. The van der Waals surface area contributed by atoms with Crippen molar-refractivity contribution in [1.82, 2.24) is 14.7 Å². The number of hydrogen-bond acceptors (Lipinski definition) is 4. The van der Waals surface area contributed by atoms with Crippen LogP contribution in [0.5, 0.6) is 0 Å². The third-order valence-corrected chi connectivity index (χ3v) is 5.09. The van der Waals surface area contributed by atoms with E-state index >= 15 is 0 Å². The molecular formula is C19H19ClN4O2S. The first kappa shape index (κ1) is 19.1. The smallest absolute Gasteiger partial charge is 0.277 e. The van der Waals surface area contributed by atoms with Crippen LogP contribution in [-0.2, 0) is 13.6 Å². The van der Waals surface area contributed by atoms with Crippen LogP contribution in [0.3, 0.4) is 0 Å². The molecule has 0 bridgehead atoms. The van der Waals surface area contributed by atoms with Crippen molar-refractivity contribution in [2.45, 2.75) is 13.5 Å². The molecule has 0 fully saturated rings. The molecule has 0 aliphatic heterocycles. The van der Waals surface area contributed by atoms with Gasteiger partial charge in [0.25, 0.3) is 11.8 Å². The Morgan fingerprint density at radius 3 is 2.74 bits per heavy atom. The quantitative estimate of drug-likeness (QED) is 0.702. The molecule has 0 spiro atoms. The lowest BCUT2D eigenvalue weighted by atomic mass is 10.1. The third-order valence-electron chi connectivity index (χ3n) is 4.08. The summed E-state index contributed by atoms with van der Waals surface area (Å²) in [5, 5.41) is 11.1. The maximum absolute atomic E-state index is 12.7. The lowest BCUT2D eigenvalue weighted by Crippen LogP contribution is -2.26. The molecule has 0 atom stereocenters. The highest BCUT2D eigenvalue weighted by Gasteiger charge is 2.18. The zero-order valence-corrected chi connectivity index (χ0v) is 16.8. The Kier molecular flexibility index (Phi) is 5.62. The van der Waals surface area contributed by atoms with Crippen molar-refractivity contribution >= 4 is 40.4 Å². The lowest BCUT2D eigenvalue weighted by molar-refractivity contribution is 0.0785. The fourth-order valence-corrected chi connectivity index (χ4v) is 3.56. The molecule has 3 rings (SSSR count). The van der Waals surface area contributed by atoms with Gasteiger partial charge in [-0.25, -0.2) is 0 Å². The van der Waals surface area contributed by atoms with Gasteiger partial charge in [0.2, 0.25) is 0 Å². The van der Waals surface area contributed by atoms with E-state index in [1.54, 1.807) is 54.7 Å². The second-order valence-corrected chi connectivity index (χ2v) is 7.46. The van der Waals surface area contributed by atoms with Crippen molar-refractivity contribution in [1.29, 1.82) is 0 Å². The van der Waals surface area contributed by atoms with Crippen molar-refractivity contribution in [3.05, 3.63) is 68.6 Å². The second-order valence-electron chi connectivity index (χ2n) is 6.28. The van der Waals surface area contributed by atoms with Crippen molar-refractivity contribution in [2.24, 2.45) is 7.05 Å². The summed E-state index contributed by atoms with van der Waals surface area (Å²) in [7, 11) is 3.45. The molecule has 2 aromatic heterocycles. The van der Waals surface area contributed by atoms with E-state index in [4.69, 9.17) is 11.6 Å². The van der Waals surface area contributed by atoms with Crippen LogP contribution in [-0.4, -0.2) is 33.5 Å². The maximum atomic E-state index is 12.7. The molecule has 2 heterocycles. The highest BCUT2D eigenvalue weighted by molar-refractivity contribution is 7.07. The predicted octanol–water partition coefficient (Wildman–Crippen LogP) is 3.97. The van der Waals surface area contributed by atoms with Gasteiger partial charge in [-0.15, -0.1) is 0 Å². The van der Waals surface area contributed by atoms with Crippen LogP contribution in [0.25, 0.3) is 0 Å². The van der Waals surface area contributed by atoms with E-state index in [1.807, 2.05) is 23.8 Å². The SMILES string of the molecule is Cc1ccc(C(=O)N(C)Cc2ccsc2)cc1NC(=O)c1nn(C)cc1Cl. The number of thiophene rings is 1. The van der Waals surface area contributed by atoms with Crippen LogP contribution in [0, 0.1) is 6.92 Å². The second kappa shape index (κ2) is 7.94. The summed E-state index contributed by atoms with van der Waals surface area (Å²) in [6, 6.07) is 7.23. The molecule has 140 valence electrons. The summed E-state index contributed by atoms with van der Waals surface area (Å²) in [5.74, 6) is -0.535. The number of halogens is 1. The molecule has 2 amide bonds. The van der Waals surface area contributed by atoms with Crippen molar-refractivity contribution in [3.63, 3.8) is 0 Å². The van der Waals surface area contributed by atoms with E-state index in [0.717, 1.165) is 11.1 Å². The molecule has 1 N–H and O–H groups in total. The summed E-state index contributed by atoms with van der Waals surface area (Å²) in [6.07, 6.45) is 1.56. The highest BCUT2D eigenvalue weighted by Crippen LogP contribution is 2.21. The topological polar surface area (TPSA) is 67.2 Å². The number of nitrogens with zero attached hydrogens (tertiary/aromatic N) is 3. The first-order valence-corrected chi connectivity index (χ1v) is 9.55. The number of amides is 2. The summed E-state index contributed by atoms with van der Waals surface area (Å²) >= 11 is 7.63. The Morgan fingerprint density at radius 1 is 1.33 bits per heavy atom. The largest absolute Gasteiger partial charge is 0.337 e. The molecule has 8 heteroatoms. The third kappa shape index (κ3) is 4.37. The van der Waals surface area contributed by atoms with E-state index in [0.29, 0.717) is 17.8 Å². The van der Waals surface area contributed by atoms with Crippen molar-refractivity contribution in [3.8, 4) is 0 Å². The van der Waals surface area contributed by atoms with E-state index < -0.39 is 5.91 Å². The average Bonchev–Trinajstić information content (AvgIpc) is 3.25. The van der Waals surface area contributed by atoms with Crippen LogP contribution in [0.4, 0.5) is 5.69 Å². The van der Waals surface area contributed by atoms with Crippen molar-refractivity contribution < 1.29 is 9.59 Å². The number of hydrogen-bond donors (Lipinski definition) is 1. The average molecular weight is 403 g/mol. The maximum Gasteiger partial charge on any atom is 0.277 e. The van der Waals surface area contributed by atoms with E-state index in [9.17, 15) is 9.59 Å². The van der Waals surface area contributed by atoms with Crippen LogP contribution in [0.1, 0.15) is 32.0 Å². The summed E-state index contributed by atoms with van der Waals surface area (Å²) in [6.45, 7) is 2.39. The molecule has 0 aliphatic carbocycles. The van der Waals surface area contributed by atoms with Gasteiger partial charge in [0.15, 0.2) is 5.69 Å². The Hall–Kier alpha value is -2.64. The summed E-state index contributed by atoms with van der Waals surface area (Å²) < 4.78 is 1.48. The number of aromatic nitrogens is 2. The van der Waals surface area contributed by atoms with Crippen LogP contribution >= 0.6 is 22.9 Å². The highest BCUT2D eigenvalue weighted by atomic mass is 35.5. The molecule has 0 saturated heterocycles. The van der Waals surface area contributed by atoms with Gasteiger partial charge in [-0.1, -0.05) is 17.7 Å². The fraction of sp³-hybridized carbons (Fsp3) is 0.211. The monoisotopic (exact) mass is 402 g/mol. The number of carbonyl (C=O) groups is 2. The number of nitrogens with one attached hydrogen (secondary N) is 1. The van der Waals surface area contributed by atoms with Gasteiger partial charge in [-0.3, -0.25) is 14.3 Å². The molecule has 0 saturated carbocycles. The zero-order valence-electron chi connectivity index (χ0n) is 15.2. The Bertz CT molecular complexity index is 982. The Balaban J connectivity index is 1.78. The predicted molar refractivity (Wildman–Crippen MR) is 107 cm³/mol. The molecule has 1 aromatic carbocycles. The minimum Gasteiger partial charge on any atom is -0.337 e. The number of rotatable bonds is 5. The van der Waals surface area contributed by atoms with Gasteiger partial charge >= 0.3 is 0 Å². The van der Waals surface area contributed by atoms with Crippen LogP contribution in [0.2, 0.25) is 5.02 Å². The molecule has 6 nitrogen and oxygen atoms in total. The number of benzene rings is 1. The van der Waals surface area contributed by atoms with Gasteiger partial charge in [-0.2, -0.15) is 16.4 Å². The number of carbonyl (C=O) groups excluding carboxylic acids is 2. The van der Waals surface area contributed by atoms with E-state index in [-0.39, 0.29) is 16.6 Å². The molecule has 27 heavy (non-hydrogen) atoms. The molecule has 3 aromatic rings. The van der Waals surface area contributed by atoms with E-state index in [1.165, 1.54) is 4.68 Å². The summed E-state index contributed by atoms with van der Waals surface area (Å²) in [4.78, 5) is 26.8. The normalized spacial score (nSPS) is 10.7. The fourth-order valence-electron chi connectivity index (χ4n) is 2.63. The van der Waals surface area contributed by atoms with Crippen molar-refractivity contribution in [2.75, 3.05) is 12.4 Å². The molecule has 0 aliphatic rings. The van der Waals surface area contributed by atoms with Crippen LogP contribution in [0.15, 0.2) is 41.2 Å². The lowest BCUT2D eigenvalue weighted by Gasteiger charge is -2.17. The molecule has 0 radical (unpaired) electrons. The Morgan fingerprint density at radius 2 is 2.11 bits per heavy atom. The van der Waals surface area contributed by atoms with E-state index in [2.05, 4.69) is 10.4 Å². The van der Waals surface area contributed by atoms with Gasteiger partial charge < -0.3 is 10.2 Å². The Labute approximate surface area is 166 Å². The van der Waals surface area contributed by atoms with Gasteiger partial charge in [0.05, 0.1) is 5.02 Å². The van der Waals surface area contributed by atoms with Crippen LogP contribution < -0.4 is 5.32 Å². The minimum absolute atomic E-state index is 0.118. The number of anilines is 1. The first-order chi connectivity index (χ1) is 12.8. The van der Waals surface area contributed by atoms with Gasteiger partial charge in [0.1, 0.15) is 0 Å². The molecule has 0 unspecified atom stereocenters. The standard InChI is InChI=1S/C19H19ClN4O2S/c1-12-4-5-14(19(26)23(2)9-13-6-7-27-11-13)8-16(12)21-18(25)17-15(20)10-24(3)22-17/h4-8,10-11H,9H2,1-3H3,(H,21,25).